The van der Waals surface area contributed by atoms with Crippen LogP contribution in [0.25, 0.3) is 0 Å². The van der Waals surface area contributed by atoms with Crippen molar-refractivity contribution in [3.63, 3.8) is 0 Å². The fourth-order valence-corrected chi connectivity index (χ4v) is 3.03. The molecule has 21 heavy (non-hydrogen) atoms. The molecule has 2 nitrogen and oxygen atoms in total. The monoisotopic (exact) mass is 285 g/mol. The lowest BCUT2D eigenvalue weighted by atomic mass is 9.87. The summed E-state index contributed by atoms with van der Waals surface area (Å²) in [5, 5.41) is 3.55. The second kappa shape index (κ2) is 6.27. The van der Waals surface area contributed by atoms with Gasteiger partial charge in [-0.25, -0.2) is 4.39 Å². The molecule has 0 heterocycles. The van der Waals surface area contributed by atoms with E-state index in [-0.39, 0.29) is 5.82 Å². The van der Waals surface area contributed by atoms with Crippen molar-refractivity contribution in [2.24, 2.45) is 0 Å². The fraction of sp³-hybridized carbons (Fsp3) is 0.333. The van der Waals surface area contributed by atoms with Crippen molar-refractivity contribution in [1.82, 2.24) is 5.32 Å². The fourth-order valence-electron chi connectivity index (χ4n) is 3.03. The Morgan fingerprint density at radius 3 is 2.90 bits per heavy atom. The number of halogens is 1. The lowest BCUT2D eigenvalue weighted by Crippen LogP contribution is -2.24. The summed E-state index contributed by atoms with van der Waals surface area (Å²) in [5.74, 6) is -0.0115. The standard InChI is InChI=1S/C18H20FNO/c1-21-18-10-9-13(11-16(18)19)12-20-17-8-4-6-14-5-2-3-7-15(14)17/h2-3,5,7,9-11,17,20H,4,6,8,12H2,1H3. The van der Waals surface area contributed by atoms with Gasteiger partial charge in [-0.3, -0.25) is 0 Å². The third-order valence-electron chi connectivity index (χ3n) is 4.14. The molecule has 1 N–H and O–H groups in total. The van der Waals surface area contributed by atoms with Gasteiger partial charge in [0.2, 0.25) is 0 Å². The molecule has 0 amide bonds. The molecule has 0 bridgehead atoms. The van der Waals surface area contributed by atoms with E-state index in [0.29, 0.717) is 18.3 Å². The van der Waals surface area contributed by atoms with E-state index in [1.807, 2.05) is 6.07 Å². The third-order valence-corrected chi connectivity index (χ3v) is 4.14. The molecular weight excluding hydrogens is 265 g/mol. The second-order valence-electron chi connectivity index (χ2n) is 5.49. The lowest BCUT2D eigenvalue weighted by Gasteiger charge is -2.26. The molecule has 0 saturated carbocycles. The minimum atomic E-state index is -0.305. The van der Waals surface area contributed by atoms with Gasteiger partial charge in [-0.2, -0.15) is 0 Å². The van der Waals surface area contributed by atoms with Gasteiger partial charge in [0, 0.05) is 12.6 Å². The molecule has 0 spiro atoms. The quantitative estimate of drug-likeness (QED) is 0.916. The summed E-state index contributed by atoms with van der Waals surface area (Å²) >= 11 is 0. The molecule has 0 aromatic heterocycles. The second-order valence-corrected chi connectivity index (χ2v) is 5.49. The lowest BCUT2D eigenvalue weighted by molar-refractivity contribution is 0.385. The molecule has 1 unspecified atom stereocenters. The van der Waals surface area contributed by atoms with Crippen molar-refractivity contribution >= 4 is 0 Å². The van der Waals surface area contributed by atoms with Crippen LogP contribution in [0.1, 0.15) is 35.6 Å². The SMILES string of the molecule is COc1ccc(CNC2CCCc3ccccc32)cc1F. The highest BCUT2D eigenvalue weighted by Gasteiger charge is 2.19. The largest absolute Gasteiger partial charge is 0.494 e. The molecule has 1 aliphatic carbocycles. The van der Waals surface area contributed by atoms with Gasteiger partial charge in [-0.15, -0.1) is 0 Å². The topological polar surface area (TPSA) is 21.3 Å². The molecule has 2 aromatic rings. The van der Waals surface area contributed by atoms with E-state index in [9.17, 15) is 4.39 Å². The first-order chi connectivity index (χ1) is 10.3. The Morgan fingerprint density at radius 1 is 1.24 bits per heavy atom. The van der Waals surface area contributed by atoms with Crippen LogP contribution < -0.4 is 10.1 Å². The molecule has 110 valence electrons. The summed E-state index contributed by atoms with van der Waals surface area (Å²) < 4.78 is 18.6. The summed E-state index contributed by atoms with van der Waals surface area (Å²) in [7, 11) is 1.48. The maximum atomic E-state index is 13.7. The summed E-state index contributed by atoms with van der Waals surface area (Å²) in [4.78, 5) is 0. The molecule has 0 radical (unpaired) electrons. The maximum absolute atomic E-state index is 13.7. The van der Waals surface area contributed by atoms with E-state index in [2.05, 4.69) is 29.6 Å². The normalized spacial score (nSPS) is 17.3. The van der Waals surface area contributed by atoms with Gasteiger partial charge in [-0.1, -0.05) is 30.3 Å². The Kier molecular flexibility index (Phi) is 4.20. The predicted octanol–water partition coefficient (Wildman–Crippen LogP) is 4.00. The highest BCUT2D eigenvalue weighted by atomic mass is 19.1. The number of hydrogen-bond donors (Lipinski definition) is 1. The molecule has 0 aliphatic heterocycles. The first-order valence-corrected chi connectivity index (χ1v) is 7.41. The van der Waals surface area contributed by atoms with Crippen LogP contribution in [0, 0.1) is 5.82 Å². The van der Waals surface area contributed by atoms with Crippen LogP contribution >= 0.6 is 0 Å². The van der Waals surface area contributed by atoms with E-state index < -0.39 is 0 Å². The molecule has 3 heteroatoms. The third kappa shape index (κ3) is 3.08. The summed E-state index contributed by atoms with van der Waals surface area (Å²) in [6.45, 7) is 0.667. The van der Waals surface area contributed by atoms with Crippen LogP contribution in [0.4, 0.5) is 4.39 Å². The van der Waals surface area contributed by atoms with Gasteiger partial charge in [0.25, 0.3) is 0 Å². The zero-order chi connectivity index (χ0) is 14.7. The van der Waals surface area contributed by atoms with Gasteiger partial charge >= 0.3 is 0 Å². The van der Waals surface area contributed by atoms with Gasteiger partial charge in [0.05, 0.1) is 7.11 Å². The first kappa shape index (κ1) is 14.1. The minimum absolute atomic E-state index is 0.293. The number of rotatable bonds is 4. The Labute approximate surface area is 125 Å². The highest BCUT2D eigenvalue weighted by molar-refractivity contribution is 5.33. The predicted molar refractivity (Wildman–Crippen MR) is 81.9 cm³/mol. The number of methoxy groups -OCH3 is 1. The summed E-state index contributed by atoms with van der Waals surface area (Å²) in [5.41, 5.74) is 3.76. The Morgan fingerprint density at radius 2 is 2.10 bits per heavy atom. The van der Waals surface area contributed by atoms with Gasteiger partial charge in [-0.05, 0) is 48.1 Å². The number of nitrogens with one attached hydrogen (secondary N) is 1. The average molecular weight is 285 g/mol. The van der Waals surface area contributed by atoms with Crippen LogP contribution in [0.3, 0.4) is 0 Å². The van der Waals surface area contributed by atoms with Crippen LogP contribution in [0.5, 0.6) is 5.75 Å². The van der Waals surface area contributed by atoms with Crippen molar-refractivity contribution in [3.05, 3.63) is 65.0 Å². The zero-order valence-electron chi connectivity index (χ0n) is 12.2. The molecule has 1 aliphatic rings. The van der Waals surface area contributed by atoms with Crippen molar-refractivity contribution in [3.8, 4) is 5.75 Å². The van der Waals surface area contributed by atoms with E-state index >= 15 is 0 Å². The summed E-state index contributed by atoms with van der Waals surface area (Å²) in [6, 6.07) is 14.1. The van der Waals surface area contributed by atoms with Gasteiger partial charge in [0.15, 0.2) is 11.6 Å². The Balaban J connectivity index is 1.70. The molecule has 1 atom stereocenters. The number of ether oxygens (including phenoxy) is 1. The zero-order valence-corrected chi connectivity index (χ0v) is 12.2. The van der Waals surface area contributed by atoms with Crippen LogP contribution in [-0.2, 0) is 13.0 Å². The number of benzene rings is 2. The minimum Gasteiger partial charge on any atom is -0.494 e. The van der Waals surface area contributed by atoms with Gasteiger partial charge in [0.1, 0.15) is 0 Å². The first-order valence-electron chi connectivity index (χ1n) is 7.41. The molecule has 0 saturated heterocycles. The summed E-state index contributed by atoms with van der Waals surface area (Å²) in [6.07, 6.45) is 3.49. The molecule has 0 fully saturated rings. The van der Waals surface area contributed by atoms with Crippen molar-refractivity contribution in [2.45, 2.75) is 31.8 Å². The molecule has 3 rings (SSSR count). The number of fused-ring (bicyclic) bond motifs is 1. The van der Waals surface area contributed by atoms with Crippen LogP contribution in [0.2, 0.25) is 0 Å². The average Bonchev–Trinajstić information content (AvgIpc) is 2.53. The molecule has 2 aromatic carbocycles. The highest BCUT2D eigenvalue weighted by Crippen LogP contribution is 2.29. The van der Waals surface area contributed by atoms with Crippen LogP contribution in [-0.4, -0.2) is 7.11 Å². The van der Waals surface area contributed by atoms with Crippen molar-refractivity contribution in [1.29, 1.82) is 0 Å². The Bertz CT molecular complexity index is 626. The van der Waals surface area contributed by atoms with Gasteiger partial charge < -0.3 is 10.1 Å². The van der Waals surface area contributed by atoms with E-state index in [1.165, 1.54) is 24.7 Å². The van der Waals surface area contributed by atoms with Crippen molar-refractivity contribution in [2.75, 3.05) is 7.11 Å². The van der Waals surface area contributed by atoms with E-state index in [0.717, 1.165) is 18.4 Å². The number of hydrogen-bond acceptors (Lipinski definition) is 2. The van der Waals surface area contributed by atoms with E-state index in [4.69, 9.17) is 4.74 Å². The van der Waals surface area contributed by atoms with Crippen LogP contribution in [0.15, 0.2) is 42.5 Å². The Hall–Kier alpha value is -1.87. The van der Waals surface area contributed by atoms with Crippen molar-refractivity contribution < 1.29 is 9.13 Å². The number of aryl methyl sites for hydroxylation is 1. The van der Waals surface area contributed by atoms with E-state index in [1.54, 1.807) is 12.1 Å². The molecular formula is C18H20FNO. The smallest absolute Gasteiger partial charge is 0.165 e. The maximum Gasteiger partial charge on any atom is 0.165 e.